The summed E-state index contributed by atoms with van der Waals surface area (Å²) in [4.78, 5) is 26.8. The molecule has 1 N–H and O–H groups in total. The number of carbonyl (C=O) groups excluding carboxylic acids is 1. The predicted molar refractivity (Wildman–Crippen MR) is 73.5 cm³/mol. The molecule has 1 heterocycles. The molecular weight excluding hydrogens is 264 g/mol. The molecule has 0 amide bonds. The van der Waals surface area contributed by atoms with Gasteiger partial charge >= 0.3 is 5.97 Å². The van der Waals surface area contributed by atoms with Crippen LogP contribution in [0.4, 0.5) is 5.13 Å². The van der Waals surface area contributed by atoms with Gasteiger partial charge in [-0.25, -0.2) is 4.79 Å². The molecule has 0 saturated heterocycles. The molecule has 0 bridgehead atoms. The second-order valence-corrected chi connectivity index (χ2v) is 4.73. The molecule has 1 aromatic carbocycles. The van der Waals surface area contributed by atoms with E-state index in [0.29, 0.717) is 11.7 Å². The van der Waals surface area contributed by atoms with Crippen LogP contribution in [0.15, 0.2) is 41.2 Å². The van der Waals surface area contributed by atoms with E-state index in [0.717, 1.165) is 16.9 Å². The molecule has 98 valence electrons. The zero-order valence-electron chi connectivity index (χ0n) is 10.3. The summed E-state index contributed by atoms with van der Waals surface area (Å²) in [7, 11) is 1.27. The van der Waals surface area contributed by atoms with Crippen molar-refractivity contribution in [2.75, 3.05) is 12.4 Å². The Balaban J connectivity index is 2.14. The number of anilines is 1. The van der Waals surface area contributed by atoms with Crippen LogP contribution in [0.2, 0.25) is 0 Å². The lowest BCUT2D eigenvalue weighted by atomic mass is 10.2. The molecule has 0 fully saturated rings. The number of methoxy groups -OCH3 is 1. The highest BCUT2D eigenvalue weighted by Gasteiger charge is 2.10. The summed E-state index contributed by atoms with van der Waals surface area (Å²) >= 11 is 1.09. The fourth-order valence-corrected chi connectivity index (χ4v) is 2.27. The van der Waals surface area contributed by atoms with Crippen LogP contribution in [-0.4, -0.2) is 18.1 Å². The fraction of sp³-hybridized carbons (Fsp3) is 0.154. The van der Waals surface area contributed by atoms with Gasteiger partial charge in [0.25, 0.3) is 5.56 Å². The number of hydrogen-bond acceptors (Lipinski definition) is 6. The molecular formula is C13H12N2O3S. The van der Waals surface area contributed by atoms with Crippen LogP contribution in [0.5, 0.6) is 0 Å². The second-order valence-electron chi connectivity index (χ2n) is 3.70. The van der Waals surface area contributed by atoms with Crippen molar-refractivity contribution in [3.05, 3.63) is 57.2 Å². The van der Waals surface area contributed by atoms with Gasteiger partial charge in [-0.1, -0.05) is 41.7 Å². The van der Waals surface area contributed by atoms with Crippen LogP contribution < -0.4 is 10.9 Å². The molecule has 6 heteroatoms. The zero-order chi connectivity index (χ0) is 13.7. The molecule has 0 spiro atoms. The highest BCUT2D eigenvalue weighted by atomic mass is 32.1. The van der Waals surface area contributed by atoms with Gasteiger partial charge in [-0.2, -0.15) is 4.98 Å². The molecule has 0 aliphatic carbocycles. The van der Waals surface area contributed by atoms with Crippen LogP contribution in [-0.2, 0) is 11.3 Å². The van der Waals surface area contributed by atoms with E-state index in [1.165, 1.54) is 13.2 Å². The molecule has 19 heavy (non-hydrogen) atoms. The molecule has 0 saturated carbocycles. The topological polar surface area (TPSA) is 68.3 Å². The number of esters is 1. The van der Waals surface area contributed by atoms with E-state index in [9.17, 15) is 9.59 Å². The third-order valence-corrected chi connectivity index (χ3v) is 3.28. The van der Waals surface area contributed by atoms with Gasteiger partial charge in [0.1, 0.15) is 4.88 Å². The minimum absolute atomic E-state index is 0.234. The van der Waals surface area contributed by atoms with Crippen LogP contribution in [0.3, 0.4) is 0 Å². The third kappa shape index (κ3) is 3.62. The predicted octanol–water partition coefficient (Wildman–Crippen LogP) is 1.90. The van der Waals surface area contributed by atoms with Gasteiger partial charge in [-0.15, -0.1) is 0 Å². The Kier molecular flexibility index (Phi) is 4.25. The van der Waals surface area contributed by atoms with Gasteiger partial charge in [-0.05, 0) is 5.56 Å². The van der Waals surface area contributed by atoms with E-state index >= 15 is 0 Å². The summed E-state index contributed by atoms with van der Waals surface area (Å²) in [5.41, 5.74) is 0.599. The van der Waals surface area contributed by atoms with Gasteiger partial charge in [0.2, 0.25) is 0 Å². The molecule has 2 aromatic rings. The van der Waals surface area contributed by atoms with Crippen molar-refractivity contribution in [2.24, 2.45) is 0 Å². The Hall–Kier alpha value is -2.21. The Labute approximate surface area is 113 Å². The van der Waals surface area contributed by atoms with Crippen LogP contribution >= 0.6 is 11.3 Å². The summed E-state index contributed by atoms with van der Waals surface area (Å²) < 4.78 is 4.59. The van der Waals surface area contributed by atoms with E-state index in [-0.39, 0.29) is 4.88 Å². The van der Waals surface area contributed by atoms with Crippen molar-refractivity contribution < 1.29 is 9.53 Å². The normalized spacial score (nSPS) is 9.95. The van der Waals surface area contributed by atoms with E-state index in [1.807, 2.05) is 30.3 Å². The summed E-state index contributed by atoms with van der Waals surface area (Å²) in [5, 5.41) is 3.42. The van der Waals surface area contributed by atoms with Crippen molar-refractivity contribution in [3.63, 3.8) is 0 Å². The van der Waals surface area contributed by atoms with Crippen molar-refractivity contribution in [1.82, 2.24) is 4.98 Å². The standard InChI is InChI=1S/C13H12N2O3S/c1-18-12(17)10-7-11(16)15-13(19-10)14-8-9-5-3-2-4-6-9/h2-7H,8H2,1H3,(H,14,15,16). The maximum absolute atomic E-state index is 11.4. The van der Waals surface area contributed by atoms with E-state index < -0.39 is 11.5 Å². The number of carbonyl (C=O) groups is 1. The van der Waals surface area contributed by atoms with Crippen molar-refractivity contribution in [1.29, 1.82) is 0 Å². The van der Waals surface area contributed by atoms with Gasteiger partial charge in [-0.3, -0.25) is 4.79 Å². The van der Waals surface area contributed by atoms with Crippen LogP contribution in [0.1, 0.15) is 15.2 Å². The summed E-state index contributed by atoms with van der Waals surface area (Å²) in [6.07, 6.45) is 0. The fourth-order valence-electron chi connectivity index (χ4n) is 1.45. The number of hydrogen-bond donors (Lipinski definition) is 1. The third-order valence-electron chi connectivity index (χ3n) is 2.35. The minimum Gasteiger partial charge on any atom is -0.465 e. The first-order valence-corrected chi connectivity index (χ1v) is 6.39. The Morgan fingerprint density at radius 1 is 1.37 bits per heavy atom. The number of rotatable bonds is 4. The molecule has 0 radical (unpaired) electrons. The van der Waals surface area contributed by atoms with E-state index in [4.69, 9.17) is 0 Å². The maximum Gasteiger partial charge on any atom is 0.348 e. The Bertz CT molecular complexity index is 625. The quantitative estimate of drug-likeness (QED) is 0.864. The van der Waals surface area contributed by atoms with Crippen molar-refractivity contribution >= 4 is 22.4 Å². The summed E-state index contributed by atoms with van der Waals surface area (Å²) in [5.74, 6) is -0.535. The SMILES string of the molecule is COC(=O)c1cc(=O)nc(NCc2ccccc2)s1. The molecule has 0 aliphatic rings. The smallest absolute Gasteiger partial charge is 0.348 e. The monoisotopic (exact) mass is 276 g/mol. The first-order valence-electron chi connectivity index (χ1n) is 5.57. The minimum atomic E-state index is -0.535. The first-order chi connectivity index (χ1) is 9.19. The van der Waals surface area contributed by atoms with Gasteiger partial charge in [0, 0.05) is 12.6 Å². The zero-order valence-corrected chi connectivity index (χ0v) is 11.1. The summed E-state index contributed by atoms with van der Waals surface area (Å²) in [6.45, 7) is 0.536. The second kappa shape index (κ2) is 6.10. The number of benzene rings is 1. The first kappa shape index (κ1) is 13.2. The number of ether oxygens (including phenoxy) is 1. The molecule has 2 rings (SSSR count). The Morgan fingerprint density at radius 3 is 2.79 bits per heavy atom. The van der Waals surface area contributed by atoms with Crippen molar-refractivity contribution in [3.8, 4) is 0 Å². The molecule has 0 unspecified atom stereocenters. The maximum atomic E-state index is 11.4. The molecule has 1 aromatic heterocycles. The molecule has 0 atom stereocenters. The van der Waals surface area contributed by atoms with Gasteiger partial charge in [0.15, 0.2) is 5.13 Å². The van der Waals surface area contributed by atoms with Crippen LogP contribution in [0.25, 0.3) is 0 Å². The van der Waals surface area contributed by atoms with Gasteiger partial charge in [0.05, 0.1) is 7.11 Å². The number of aromatic nitrogens is 1. The number of nitrogens with one attached hydrogen (secondary N) is 1. The molecule has 5 nitrogen and oxygen atoms in total. The van der Waals surface area contributed by atoms with Crippen molar-refractivity contribution in [2.45, 2.75) is 6.54 Å². The summed E-state index contributed by atoms with van der Waals surface area (Å²) in [6, 6.07) is 10.9. The highest BCUT2D eigenvalue weighted by molar-refractivity contribution is 7.17. The average Bonchev–Trinajstić information content (AvgIpc) is 2.45. The lowest BCUT2D eigenvalue weighted by Gasteiger charge is -2.05. The highest BCUT2D eigenvalue weighted by Crippen LogP contribution is 2.15. The number of nitrogens with zero attached hydrogens (tertiary/aromatic N) is 1. The Morgan fingerprint density at radius 2 is 2.11 bits per heavy atom. The van der Waals surface area contributed by atoms with E-state index in [2.05, 4.69) is 15.0 Å². The lowest BCUT2D eigenvalue weighted by molar-refractivity contribution is 0.0606. The van der Waals surface area contributed by atoms with Gasteiger partial charge < -0.3 is 10.1 Å². The van der Waals surface area contributed by atoms with E-state index in [1.54, 1.807) is 0 Å². The van der Waals surface area contributed by atoms with Crippen LogP contribution in [0, 0.1) is 0 Å². The lowest BCUT2D eigenvalue weighted by Crippen LogP contribution is -2.12. The molecule has 0 aliphatic heterocycles. The largest absolute Gasteiger partial charge is 0.465 e. The average molecular weight is 276 g/mol.